The number of ether oxygens (including phenoxy) is 1. The van der Waals surface area contributed by atoms with Gasteiger partial charge in [0.05, 0.1) is 0 Å². The molecule has 1 heterocycles. The standard InChI is InChI=1S/C15H19NO4/c1-2-11-5-7-12(8-6-11)20-10-14(17)16-9-3-4-13(16)15(18)19/h5-8,13H,2-4,9-10H2,1H3,(H,18,19)/t13-/m0/s1. The summed E-state index contributed by atoms with van der Waals surface area (Å²) < 4.78 is 5.42. The van der Waals surface area contributed by atoms with E-state index in [1.807, 2.05) is 24.3 Å². The maximum atomic E-state index is 12.0. The molecule has 1 N–H and O–H groups in total. The number of benzene rings is 1. The van der Waals surface area contributed by atoms with Crippen molar-refractivity contribution in [3.05, 3.63) is 29.8 Å². The second kappa shape index (κ2) is 6.41. The Morgan fingerprint density at radius 3 is 2.65 bits per heavy atom. The zero-order chi connectivity index (χ0) is 14.5. The van der Waals surface area contributed by atoms with Gasteiger partial charge in [-0.05, 0) is 37.0 Å². The summed E-state index contributed by atoms with van der Waals surface area (Å²) in [4.78, 5) is 24.4. The fraction of sp³-hybridized carbons (Fsp3) is 0.467. The van der Waals surface area contributed by atoms with Gasteiger partial charge in [0.1, 0.15) is 11.8 Å². The van der Waals surface area contributed by atoms with E-state index in [9.17, 15) is 9.59 Å². The summed E-state index contributed by atoms with van der Waals surface area (Å²) in [6, 6.07) is 6.86. The third kappa shape index (κ3) is 3.29. The van der Waals surface area contributed by atoms with Crippen molar-refractivity contribution in [3.8, 4) is 5.75 Å². The molecule has 1 aromatic rings. The van der Waals surface area contributed by atoms with E-state index in [1.165, 1.54) is 10.5 Å². The summed E-state index contributed by atoms with van der Waals surface area (Å²) in [5.41, 5.74) is 1.20. The molecule has 0 aromatic heterocycles. The van der Waals surface area contributed by atoms with Crippen LogP contribution in [0.1, 0.15) is 25.3 Å². The second-order valence-electron chi connectivity index (χ2n) is 4.87. The molecule has 0 spiro atoms. The summed E-state index contributed by atoms with van der Waals surface area (Å²) in [6.07, 6.45) is 2.20. The van der Waals surface area contributed by atoms with Gasteiger partial charge in [-0.1, -0.05) is 19.1 Å². The molecular weight excluding hydrogens is 258 g/mol. The molecule has 0 radical (unpaired) electrons. The molecule has 0 bridgehead atoms. The first kappa shape index (κ1) is 14.4. The molecule has 5 nitrogen and oxygen atoms in total. The first-order valence-corrected chi connectivity index (χ1v) is 6.86. The van der Waals surface area contributed by atoms with Crippen molar-refractivity contribution in [1.82, 2.24) is 4.90 Å². The molecule has 108 valence electrons. The average molecular weight is 277 g/mol. The minimum Gasteiger partial charge on any atom is -0.484 e. The highest BCUT2D eigenvalue weighted by Crippen LogP contribution is 2.18. The van der Waals surface area contributed by atoms with E-state index in [2.05, 4.69) is 6.92 Å². The molecule has 1 aliphatic heterocycles. The molecule has 0 aliphatic carbocycles. The van der Waals surface area contributed by atoms with Gasteiger partial charge in [0, 0.05) is 6.54 Å². The molecule has 1 fully saturated rings. The van der Waals surface area contributed by atoms with Crippen molar-refractivity contribution in [3.63, 3.8) is 0 Å². The maximum absolute atomic E-state index is 12.0. The van der Waals surface area contributed by atoms with E-state index >= 15 is 0 Å². The van der Waals surface area contributed by atoms with Crippen LogP contribution in [0.2, 0.25) is 0 Å². The Morgan fingerprint density at radius 1 is 1.35 bits per heavy atom. The van der Waals surface area contributed by atoms with E-state index in [-0.39, 0.29) is 12.5 Å². The van der Waals surface area contributed by atoms with Crippen molar-refractivity contribution in [2.75, 3.05) is 13.2 Å². The molecule has 2 rings (SSSR count). The highest BCUT2D eigenvalue weighted by molar-refractivity contribution is 5.85. The summed E-state index contributed by atoms with van der Waals surface area (Å²) in [5.74, 6) is -0.584. The van der Waals surface area contributed by atoms with Crippen LogP contribution >= 0.6 is 0 Å². The van der Waals surface area contributed by atoms with Gasteiger partial charge in [-0.2, -0.15) is 0 Å². The lowest BCUT2D eigenvalue weighted by Gasteiger charge is -2.21. The predicted octanol–water partition coefficient (Wildman–Crippen LogP) is 1.70. The smallest absolute Gasteiger partial charge is 0.326 e. The number of hydrogen-bond acceptors (Lipinski definition) is 3. The monoisotopic (exact) mass is 277 g/mol. The summed E-state index contributed by atoms with van der Waals surface area (Å²) in [5, 5.41) is 9.04. The molecule has 1 atom stereocenters. The Hall–Kier alpha value is -2.04. The topological polar surface area (TPSA) is 66.8 Å². The summed E-state index contributed by atoms with van der Waals surface area (Å²) in [6.45, 7) is 2.45. The Labute approximate surface area is 118 Å². The zero-order valence-corrected chi connectivity index (χ0v) is 11.5. The average Bonchev–Trinajstić information content (AvgIpc) is 2.95. The normalized spacial score (nSPS) is 18.1. The largest absolute Gasteiger partial charge is 0.484 e. The van der Waals surface area contributed by atoms with E-state index in [0.29, 0.717) is 18.7 Å². The van der Waals surface area contributed by atoms with Crippen LogP contribution in [0.4, 0.5) is 0 Å². The van der Waals surface area contributed by atoms with Crippen LogP contribution in [0.3, 0.4) is 0 Å². The number of aryl methyl sites for hydroxylation is 1. The van der Waals surface area contributed by atoms with Gasteiger partial charge in [-0.3, -0.25) is 4.79 Å². The highest BCUT2D eigenvalue weighted by Gasteiger charge is 2.33. The van der Waals surface area contributed by atoms with Crippen molar-refractivity contribution in [1.29, 1.82) is 0 Å². The van der Waals surface area contributed by atoms with Gasteiger partial charge in [-0.15, -0.1) is 0 Å². The summed E-state index contributed by atoms with van der Waals surface area (Å²) in [7, 11) is 0. The Balaban J connectivity index is 1.89. The lowest BCUT2D eigenvalue weighted by Crippen LogP contribution is -2.42. The number of nitrogens with zero attached hydrogens (tertiary/aromatic N) is 1. The van der Waals surface area contributed by atoms with Gasteiger partial charge in [0.25, 0.3) is 5.91 Å². The van der Waals surface area contributed by atoms with Crippen LogP contribution in [0.5, 0.6) is 5.75 Å². The predicted molar refractivity (Wildman–Crippen MR) is 73.7 cm³/mol. The van der Waals surface area contributed by atoms with E-state index in [1.54, 1.807) is 0 Å². The Bertz CT molecular complexity index is 483. The van der Waals surface area contributed by atoms with Crippen molar-refractivity contribution < 1.29 is 19.4 Å². The molecule has 1 saturated heterocycles. The van der Waals surface area contributed by atoms with Crippen LogP contribution in [0.25, 0.3) is 0 Å². The molecule has 1 aromatic carbocycles. The first-order valence-electron chi connectivity index (χ1n) is 6.86. The minimum absolute atomic E-state index is 0.116. The van der Waals surface area contributed by atoms with Gasteiger partial charge in [0.15, 0.2) is 6.61 Å². The number of likely N-dealkylation sites (tertiary alicyclic amines) is 1. The van der Waals surface area contributed by atoms with Gasteiger partial charge in [0.2, 0.25) is 0 Å². The molecular formula is C15H19NO4. The minimum atomic E-state index is -0.942. The fourth-order valence-electron chi connectivity index (χ4n) is 2.37. The zero-order valence-electron chi connectivity index (χ0n) is 11.5. The van der Waals surface area contributed by atoms with Crippen LogP contribution in [-0.2, 0) is 16.0 Å². The number of hydrogen-bond donors (Lipinski definition) is 1. The fourth-order valence-corrected chi connectivity index (χ4v) is 2.37. The Kier molecular flexibility index (Phi) is 4.61. The van der Waals surface area contributed by atoms with E-state index < -0.39 is 12.0 Å². The number of carboxylic acid groups (broad SMARTS) is 1. The number of rotatable bonds is 5. The third-order valence-corrected chi connectivity index (χ3v) is 3.55. The second-order valence-corrected chi connectivity index (χ2v) is 4.87. The molecule has 0 saturated carbocycles. The lowest BCUT2D eigenvalue weighted by molar-refractivity contribution is -0.148. The number of carboxylic acids is 1. The lowest BCUT2D eigenvalue weighted by atomic mass is 10.2. The number of aliphatic carboxylic acids is 1. The van der Waals surface area contributed by atoms with Crippen molar-refractivity contribution >= 4 is 11.9 Å². The number of amides is 1. The molecule has 5 heteroatoms. The van der Waals surface area contributed by atoms with Gasteiger partial charge in [-0.25, -0.2) is 4.79 Å². The molecule has 1 aliphatic rings. The van der Waals surface area contributed by atoms with Crippen LogP contribution in [0.15, 0.2) is 24.3 Å². The van der Waals surface area contributed by atoms with Crippen molar-refractivity contribution in [2.24, 2.45) is 0 Å². The molecule has 20 heavy (non-hydrogen) atoms. The van der Waals surface area contributed by atoms with Crippen LogP contribution in [0, 0.1) is 0 Å². The maximum Gasteiger partial charge on any atom is 0.326 e. The summed E-state index contributed by atoms with van der Waals surface area (Å²) >= 11 is 0. The van der Waals surface area contributed by atoms with Crippen LogP contribution < -0.4 is 4.74 Å². The number of carbonyl (C=O) groups excluding carboxylic acids is 1. The van der Waals surface area contributed by atoms with E-state index in [0.717, 1.165) is 12.8 Å². The van der Waals surface area contributed by atoms with Gasteiger partial charge < -0.3 is 14.7 Å². The third-order valence-electron chi connectivity index (χ3n) is 3.55. The highest BCUT2D eigenvalue weighted by atomic mass is 16.5. The first-order chi connectivity index (χ1) is 9.61. The van der Waals surface area contributed by atoms with Crippen LogP contribution in [-0.4, -0.2) is 41.1 Å². The number of carbonyl (C=O) groups is 2. The van der Waals surface area contributed by atoms with Gasteiger partial charge >= 0.3 is 5.97 Å². The van der Waals surface area contributed by atoms with Crippen molar-refractivity contribution in [2.45, 2.75) is 32.2 Å². The SMILES string of the molecule is CCc1ccc(OCC(=O)N2CCC[C@H]2C(=O)O)cc1. The van der Waals surface area contributed by atoms with E-state index in [4.69, 9.17) is 9.84 Å². The quantitative estimate of drug-likeness (QED) is 0.889. The molecule has 0 unspecified atom stereocenters. The molecule has 1 amide bonds. The Morgan fingerprint density at radius 2 is 2.05 bits per heavy atom.